The van der Waals surface area contributed by atoms with E-state index in [1.807, 2.05) is 12.1 Å². The van der Waals surface area contributed by atoms with Gasteiger partial charge in [0, 0.05) is 24.2 Å². The van der Waals surface area contributed by atoms with Crippen LogP contribution in [0.15, 0.2) is 48.5 Å². The molecule has 0 saturated carbocycles. The molecule has 3 heteroatoms. The van der Waals surface area contributed by atoms with Crippen molar-refractivity contribution < 1.29 is 5.11 Å². The second kappa shape index (κ2) is 4.50. The maximum Gasteiger partial charge on any atom is 0.116 e. The van der Waals surface area contributed by atoms with Gasteiger partial charge >= 0.3 is 0 Å². The van der Waals surface area contributed by atoms with Crippen LogP contribution in [0.1, 0.15) is 24.5 Å². The molecule has 21 heavy (non-hydrogen) atoms. The quantitative estimate of drug-likeness (QED) is 0.828. The molecule has 0 amide bonds. The largest absolute Gasteiger partial charge is 0.508 e. The van der Waals surface area contributed by atoms with Gasteiger partial charge in [0.05, 0.1) is 6.17 Å². The molecule has 0 aliphatic carbocycles. The monoisotopic (exact) mass is 280 g/mol. The SMILES string of the molecule is CC12CCN(Cc3ccccc3)C1Nc1ccc(O)cc12. The molecule has 2 heterocycles. The highest BCUT2D eigenvalue weighted by Gasteiger charge is 2.50. The van der Waals surface area contributed by atoms with Crippen LogP contribution < -0.4 is 5.32 Å². The number of hydrogen-bond donors (Lipinski definition) is 2. The summed E-state index contributed by atoms with van der Waals surface area (Å²) >= 11 is 0. The first-order chi connectivity index (χ1) is 10.2. The van der Waals surface area contributed by atoms with Crippen molar-refractivity contribution in [3.05, 3.63) is 59.7 Å². The highest BCUT2D eigenvalue weighted by Crippen LogP contribution is 2.49. The van der Waals surface area contributed by atoms with Crippen molar-refractivity contribution in [2.24, 2.45) is 0 Å². The highest BCUT2D eigenvalue weighted by atomic mass is 16.3. The topological polar surface area (TPSA) is 35.5 Å². The lowest BCUT2D eigenvalue weighted by Crippen LogP contribution is -2.41. The summed E-state index contributed by atoms with van der Waals surface area (Å²) in [6.07, 6.45) is 1.43. The van der Waals surface area contributed by atoms with E-state index in [4.69, 9.17) is 0 Å². The Morgan fingerprint density at radius 1 is 1.24 bits per heavy atom. The van der Waals surface area contributed by atoms with Crippen LogP contribution in [0.25, 0.3) is 0 Å². The third-order valence-corrected chi connectivity index (χ3v) is 5.03. The molecule has 0 aromatic heterocycles. The number of rotatable bonds is 2. The van der Waals surface area contributed by atoms with Gasteiger partial charge < -0.3 is 10.4 Å². The van der Waals surface area contributed by atoms with Crippen molar-refractivity contribution in [1.29, 1.82) is 0 Å². The second-order valence-electron chi connectivity index (χ2n) is 6.40. The van der Waals surface area contributed by atoms with E-state index in [-0.39, 0.29) is 5.41 Å². The average Bonchev–Trinajstić information content (AvgIpc) is 2.95. The standard InChI is InChI=1S/C18H20N2O/c1-18-9-10-20(12-13-5-3-2-4-6-13)17(18)19-16-8-7-14(21)11-15(16)18/h2-8,11,17,19,21H,9-10,12H2,1H3. The number of benzene rings is 2. The van der Waals surface area contributed by atoms with Gasteiger partial charge in [-0.15, -0.1) is 0 Å². The Morgan fingerprint density at radius 3 is 2.86 bits per heavy atom. The Morgan fingerprint density at radius 2 is 2.05 bits per heavy atom. The molecule has 2 aromatic carbocycles. The van der Waals surface area contributed by atoms with Crippen LogP contribution in [0.3, 0.4) is 0 Å². The molecule has 0 bridgehead atoms. The van der Waals surface area contributed by atoms with E-state index in [2.05, 4.69) is 47.5 Å². The first-order valence-corrected chi connectivity index (χ1v) is 7.55. The minimum Gasteiger partial charge on any atom is -0.508 e. The molecular formula is C18H20N2O. The van der Waals surface area contributed by atoms with Crippen LogP contribution in [-0.2, 0) is 12.0 Å². The molecule has 0 radical (unpaired) electrons. The van der Waals surface area contributed by atoms with Crippen molar-refractivity contribution >= 4 is 5.69 Å². The Labute approximate surface area is 125 Å². The first-order valence-electron chi connectivity index (χ1n) is 7.55. The van der Waals surface area contributed by atoms with Gasteiger partial charge in [-0.2, -0.15) is 0 Å². The summed E-state index contributed by atoms with van der Waals surface area (Å²) in [6.45, 7) is 4.35. The van der Waals surface area contributed by atoms with Crippen LogP contribution in [0.4, 0.5) is 5.69 Å². The number of anilines is 1. The molecule has 2 atom stereocenters. The van der Waals surface area contributed by atoms with Crippen LogP contribution in [0.2, 0.25) is 0 Å². The molecule has 2 unspecified atom stereocenters. The number of nitrogens with one attached hydrogen (secondary N) is 1. The van der Waals surface area contributed by atoms with Crippen molar-refractivity contribution in [2.75, 3.05) is 11.9 Å². The van der Waals surface area contributed by atoms with Crippen LogP contribution >= 0.6 is 0 Å². The first kappa shape index (κ1) is 12.7. The molecule has 1 fully saturated rings. The predicted octanol–water partition coefficient (Wildman–Crippen LogP) is 3.31. The van der Waals surface area contributed by atoms with Gasteiger partial charge in [-0.1, -0.05) is 37.3 Å². The number of hydrogen-bond acceptors (Lipinski definition) is 3. The Balaban J connectivity index is 1.64. The van der Waals surface area contributed by atoms with Gasteiger partial charge in [-0.25, -0.2) is 0 Å². The van der Waals surface area contributed by atoms with E-state index in [0.29, 0.717) is 11.9 Å². The molecule has 2 aliphatic rings. The zero-order valence-electron chi connectivity index (χ0n) is 12.2. The second-order valence-corrected chi connectivity index (χ2v) is 6.40. The van der Waals surface area contributed by atoms with Crippen molar-refractivity contribution in [3.8, 4) is 5.75 Å². The maximum absolute atomic E-state index is 9.79. The fraction of sp³-hybridized carbons (Fsp3) is 0.333. The third-order valence-electron chi connectivity index (χ3n) is 5.03. The zero-order valence-corrected chi connectivity index (χ0v) is 12.2. The van der Waals surface area contributed by atoms with Gasteiger partial charge in [0.15, 0.2) is 0 Å². The normalized spacial score (nSPS) is 27.2. The molecule has 2 aromatic rings. The fourth-order valence-electron chi connectivity index (χ4n) is 3.84. The van der Waals surface area contributed by atoms with Crippen LogP contribution in [0.5, 0.6) is 5.75 Å². The van der Waals surface area contributed by atoms with E-state index >= 15 is 0 Å². The summed E-state index contributed by atoms with van der Waals surface area (Å²) in [7, 11) is 0. The Hall–Kier alpha value is -2.00. The van der Waals surface area contributed by atoms with Crippen LogP contribution in [0, 0.1) is 0 Å². The third kappa shape index (κ3) is 1.92. The molecule has 2 N–H and O–H groups in total. The van der Waals surface area contributed by atoms with Crippen molar-refractivity contribution in [1.82, 2.24) is 4.90 Å². The lowest BCUT2D eigenvalue weighted by atomic mass is 9.81. The summed E-state index contributed by atoms with van der Waals surface area (Å²) < 4.78 is 0. The molecule has 0 spiro atoms. The van der Waals surface area contributed by atoms with E-state index < -0.39 is 0 Å². The van der Waals surface area contributed by atoms with E-state index in [0.717, 1.165) is 25.2 Å². The summed E-state index contributed by atoms with van der Waals surface area (Å²) in [5, 5.41) is 13.4. The van der Waals surface area contributed by atoms with Gasteiger partial charge in [0.1, 0.15) is 5.75 Å². The number of likely N-dealkylation sites (tertiary alicyclic amines) is 1. The van der Waals surface area contributed by atoms with Crippen molar-refractivity contribution in [2.45, 2.75) is 31.5 Å². The lowest BCUT2D eigenvalue weighted by Gasteiger charge is -2.29. The molecule has 2 aliphatic heterocycles. The molecule has 4 rings (SSSR count). The minimum atomic E-state index is 0.0862. The zero-order chi connectivity index (χ0) is 14.4. The Kier molecular flexibility index (Phi) is 2.73. The van der Waals surface area contributed by atoms with E-state index in [1.165, 1.54) is 11.1 Å². The van der Waals surface area contributed by atoms with Gasteiger partial charge in [-0.3, -0.25) is 4.90 Å². The van der Waals surface area contributed by atoms with Crippen LogP contribution in [-0.4, -0.2) is 22.7 Å². The maximum atomic E-state index is 9.79. The number of phenols is 1. The molecular weight excluding hydrogens is 260 g/mol. The Bertz CT molecular complexity index is 670. The summed E-state index contributed by atoms with van der Waals surface area (Å²) in [4.78, 5) is 2.51. The average molecular weight is 280 g/mol. The number of fused-ring (bicyclic) bond motifs is 3. The number of aromatic hydroxyl groups is 1. The number of nitrogens with zero attached hydrogens (tertiary/aromatic N) is 1. The lowest BCUT2D eigenvalue weighted by molar-refractivity contribution is 0.239. The predicted molar refractivity (Wildman–Crippen MR) is 84.3 cm³/mol. The molecule has 108 valence electrons. The summed E-state index contributed by atoms with van der Waals surface area (Å²) in [6, 6.07) is 16.3. The summed E-state index contributed by atoms with van der Waals surface area (Å²) in [5.41, 5.74) is 3.85. The highest BCUT2D eigenvalue weighted by molar-refractivity contribution is 5.64. The van der Waals surface area contributed by atoms with E-state index in [9.17, 15) is 5.11 Å². The number of phenolic OH excluding ortho intramolecular Hbond substituents is 1. The fourth-order valence-corrected chi connectivity index (χ4v) is 3.84. The van der Waals surface area contributed by atoms with Gasteiger partial charge in [0.2, 0.25) is 0 Å². The van der Waals surface area contributed by atoms with Gasteiger partial charge in [0.25, 0.3) is 0 Å². The van der Waals surface area contributed by atoms with Gasteiger partial charge in [-0.05, 0) is 35.7 Å². The van der Waals surface area contributed by atoms with E-state index in [1.54, 1.807) is 6.07 Å². The molecule has 3 nitrogen and oxygen atoms in total. The summed E-state index contributed by atoms with van der Waals surface area (Å²) in [5.74, 6) is 0.360. The van der Waals surface area contributed by atoms with Crippen molar-refractivity contribution in [3.63, 3.8) is 0 Å². The minimum absolute atomic E-state index is 0.0862. The molecule has 1 saturated heterocycles. The smallest absolute Gasteiger partial charge is 0.116 e.